The number of carbonyl (C=O) groups excluding carboxylic acids is 2. The van der Waals surface area contributed by atoms with E-state index in [4.69, 9.17) is 0 Å². The molecule has 3 N–H and O–H groups in total. The zero-order valence-corrected chi connectivity index (χ0v) is 18.9. The van der Waals surface area contributed by atoms with E-state index in [9.17, 15) is 9.59 Å². The zero-order valence-electron chi connectivity index (χ0n) is 17.3. The normalized spacial score (nSPS) is 12.4. The first kappa shape index (κ1) is 24.1. The average Bonchev–Trinajstić information content (AvgIpc) is 3.41. The van der Waals surface area contributed by atoms with Crippen molar-refractivity contribution in [2.45, 2.75) is 6.42 Å². The van der Waals surface area contributed by atoms with Crippen LogP contribution in [0.15, 0.2) is 57.9 Å². The van der Waals surface area contributed by atoms with Gasteiger partial charge in [0.25, 0.3) is 0 Å². The highest BCUT2D eigenvalue weighted by Gasteiger charge is 2.19. The number of H-pyrrole nitrogens is 1. The van der Waals surface area contributed by atoms with E-state index in [1.165, 1.54) is 24.5 Å². The van der Waals surface area contributed by atoms with Gasteiger partial charge in [-0.15, -0.1) is 0 Å². The van der Waals surface area contributed by atoms with Crippen molar-refractivity contribution >= 4 is 47.3 Å². The Balaban J connectivity index is 2.18. The van der Waals surface area contributed by atoms with E-state index >= 15 is 0 Å². The highest BCUT2D eigenvalue weighted by Crippen LogP contribution is 2.25. The molecule has 0 aliphatic heterocycles. The molecule has 0 saturated heterocycles. The van der Waals surface area contributed by atoms with Gasteiger partial charge in [-0.05, 0) is 26.2 Å². The molecule has 0 aromatic carbocycles. The molecule has 2 rings (SSSR count). The van der Waals surface area contributed by atoms with Crippen LogP contribution in [0.2, 0.25) is 0 Å². The summed E-state index contributed by atoms with van der Waals surface area (Å²) in [6.45, 7) is 4.04. The summed E-state index contributed by atoms with van der Waals surface area (Å²) in [6.07, 6.45) is 7.61. The number of aromatic nitrogens is 4. The van der Waals surface area contributed by atoms with Gasteiger partial charge >= 0.3 is 0 Å². The minimum Gasteiger partial charge on any atom is -0.312 e. The molecule has 0 aliphatic carbocycles. The molecule has 11 nitrogen and oxygen atoms in total. The molecule has 0 bridgehead atoms. The fourth-order valence-corrected chi connectivity index (χ4v) is 3.57. The van der Waals surface area contributed by atoms with Gasteiger partial charge in [0, 0.05) is 36.3 Å². The molecule has 0 saturated carbocycles. The molecule has 0 fully saturated rings. The van der Waals surface area contributed by atoms with Crippen molar-refractivity contribution in [1.82, 2.24) is 34.5 Å². The van der Waals surface area contributed by atoms with Crippen LogP contribution in [0.1, 0.15) is 16.2 Å². The first-order chi connectivity index (χ1) is 14.9. The summed E-state index contributed by atoms with van der Waals surface area (Å²) < 4.78 is 3.67. The molecular formula is C18H23N9O2S2. The Bertz CT molecular complexity index is 978. The van der Waals surface area contributed by atoms with Gasteiger partial charge < -0.3 is 5.43 Å². The van der Waals surface area contributed by atoms with Gasteiger partial charge in [-0.3, -0.25) is 14.7 Å². The minimum atomic E-state index is -0.334. The van der Waals surface area contributed by atoms with Crippen LogP contribution in [0.25, 0.3) is 0 Å². The summed E-state index contributed by atoms with van der Waals surface area (Å²) in [5, 5.41) is 19.0. The van der Waals surface area contributed by atoms with Gasteiger partial charge in [0.05, 0.1) is 24.0 Å². The largest absolute Gasteiger partial charge is 0.312 e. The van der Waals surface area contributed by atoms with Crippen LogP contribution in [0.5, 0.6) is 0 Å². The highest BCUT2D eigenvalue weighted by molar-refractivity contribution is 8.19. The Labute approximate surface area is 188 Å². The van der Waals surface area contributed by atoms with Crippen molar-refractivity contribution < 1.29 is 9.59 Å². The monoisotopic (exact) mass is 461 g/mol. The number of thioether (sulfide) groups is 1. The van der Waals surface area contributed by atoms with Crippen molar-refractivity contribution in [1.29, 1.82) is 0 Å². The second-order valence-electron chi connectivity index (χ2n) is 5.94. The fourth-order valence-electron chi connectivity index (χ4n) is 2.15. The minimum absolute atomic E-state index is 0.172. The SMILES string of the molecule is C=C(S/C(=N\NC)C(=O)c1ccn[nH]1)C(/C=N\NC=O)=C/Cc1ccn(SN(C)C)n1. The molecule has 0 spiro atoms. The number of allylic oxidation sites excluding steroid dienone is 2. The van der Waals surface area contributed by atoms with E-state index < -0.39 is 0 Å². The van der Waals surface area contributed by atoms with E-state index in [-0.39, 0.29) is 10.8 Å². The number of hydrazone groups is 2. The van der Waals surface area contributed by atoms with Crippen LogP contribution in [0.4, 0.5) is 0 Å². The molecule has 164 valence electrons. The number of amides is 1. The highest BCUT2D eigenvalue weighted by atomic mass is 32.2. The Kier molecular flexibility index (Phi) is 9.74. The van der Waals surface area contributed by atoms with E-state index in [1.807, 2.05) is 36.7 Å². The number of ketones is 1. The molecule has 0 aliphatic rings. The molecule has 0 unspecified atom stereocenters. The van der Waals surface area contributed by atoms with Gasteiger partial charge in [-0.2, -0.15) is 24.5 Å². The van der Waals surface area contributed by atoms with Crippen LogP contribution in [-0.2, 0) is 11.2 Å². The number of Topliss-reactive ketones (excluding diaryl/α,β-unsaturated/α-hetero) is 1. The number of hydrogen-bond acceptors (Lipinski definition) is 10. The molecular weight excluding hydrogens is 438 g/mol. The van der Waals surface area contributed by atoms with E-state index in [2.05, 4.69) is 42.9 Å². The molecule has 31 heavy (non-hydrogen) atoms. The standard InChI is InChI=1S/C18H23N9O2S2/c1-13(30-18(24-19-2)17(29)16-7-9-20-23-16)14(11-21-22-12-28)5-6-15-8-10-27(25-15)31-26(3)4/h5,7-12,19H,1,6H2,2-4H3,(H,20,23)(H,22,28)/b14-5+,21-11-,24-18-. The van der Waals surface area contributed by atoms with E-state index in [1.54, 1.807) is 17.2 Å². The quantitative estimate of drug-likeness (QED) is 0.0823. The molecule has 13 heteroatoms. The maximum atomic E-state index is 12.6. The number of nitrogens with zero attached hydrogens (tertiary/aromatic N) is 6. The molecule has 2 heterocycles. The van der Waals surface area contributed by atoms with E-state index in [0.29, 0.717) is 29.0 Å². The summed E-state index contributed by atoms with van der Waals surface area (Å²) >= 11 is 2.52. The number of aromatic amines is 1. The summed E-state index contributed by atoms with van der Waals surface area (Å²) in [5.41, 5.74) is 6.60. The lowest BCUT2D eigenvalue weighted by Crippen LogP contribution is -2.15. The Morgan fingerprint density at radius 1 is 1.42 bits per heavy atom. The maximum absolute atomic E-state index is 12.6. The number of nitrogens with one attached hydrogen (secondary N) is 3. The second-order valence-corrected chi connectivity index (χ2v) is 8.29. The van der Waals surface area contributed by atoms with Crippen molar-refractivity contribution in [3.05, 3.63) is 59.0 Å². The lowest BCUT2D eigenvalue weighted by Gasteiger charge is -2.08. The van der Waals surface area contributed by atoms with Crippen molar-refractivity contribution in [3.63, 3.8) is 0 Å². The van der Waals surface area contributed by atoms with Crippen molar-refractivity contribution in [2.75, 3.05) is 21.1 Å². The average molecular weight is 462 g/mol. The van der Waals surface area contributed by atoms with Crippen LogP contribution in [-0.4, -0.2) is 68.3 Å². The summed E-state index contributed by atoms with van der Waals surface area (Å²) in [6, 6.07) is 3.46. The van der Waals surface area contributed by atoms with Crippen LogP contribution < -0.4 is 10.9 Å². The predicted octanol–water partition coefficient (Wildman–Crippen LogP) is 1.44. The van der Waals surface area contributed by atoms with Gasteiger partial charge in [0.1, 0.15) is 5.69 Å². The maximum Gasteiger partial charge on any atom is 0.237 e. The Morgan fingerprint density at radius 2 is 2.23 bits per heavy atom. The van der Waals surface area contributed by atoms with Gasteiger partial charge in [-0.1, -0.05) is 24.4 Å². The molecule has 2 aromatic heterocycles. The lowest BCUT2D eigenvalue weighted by molar-refractivity contribution is -0.109. The fraction of sp³-hybridized carbons (Fsp3) is 0.222. The first-order valence-corrected chi connectivity index (χ1v) is 10.5. The summed E-state index contributed by atoms with van der Waals surface area (Å²) in [5.74, 6) is -0.334. The van der Waals surface area contributed by atoms with Gasteiger partial charge in [0.2, 0.25) is 12.2 Å². The molecule has 1 amide bonds. The second kappa shape index (κ2) is 12.5. The Morgan fingerprint density at radius 3 is 2.87 bits per heavy atom. The Hall–Kier alpha value is -3.16. The number of hydrogen-bond donors (Lipinski definition) is 3. The van der Waals surface area contributed by atoms with Crippen molar-refractivity contribution in [3.8, 4) is 0 Å². The molecule has 2 aromatic rings. The third-order valence-electron chi connectivity index (χ3n) is 3.43. The van der Waals surface area contributed by atoms with Crippen LogP contribution in [0, 0.1) is 0 Å². The zero-order chi connectivity index (χ0) is 22.6. The number of carbonyl (C=O) groups is 2. The van der Waals surface area contributed by atoms with Crippen LogP contribution in [0.3, 0.4) is 0 Å². The van der Waals surface area contributed by atoms with Crippen LogP contribution >= 0.6 is 23.9 Å². The molecule has 0 atom stereocenters. The summed E-state index contributed by atoms with van der Waals surface area (Å²) in [4.78, 5) is 23.7. The third kappa shape index (κ3) is 7.88. The predicted molar refractivity (Wildman–Crippen MR) is 125 cm³/mol. The van der Waals surface area contributed by atoms with Gasteiger partial charge in [-0.25, -0.2) is 9.73 Å². The third-order valence-corrected chi connectivity index (χ3v) is 5.07. The lowest BCUT2D eigenvalue weighted by atomic mass is 10.2. The number of rotatable bonds is 12. The van der Waals surface area contributed by atoms with Crippen molar-refractivity contribution in [2.24, 2.45) is 10.2 Å². The summed E-state index contributed by atoms with van der Waals surface area (Å²) in [7, 11) is 5.45. The first-order valence-electron chi connectivity index (χ1n) is 8.93. The smallest absolute Gasteiger partial charge is 0.237 e. The molecule has 0 radical (unpaired) electrons. The van der Waals surface area contributed by atoms with Gasteiger partial charge in [0.15, 0.2) is 5.04 Å². The van der Waals surface area contributed by atoms with E-state index in [0.717, 1.165) is 17.5 Å². The topological polar surface area (TPSA) is 133 Å².